The standard InChI is InChI=1S/C13H27NO/c1-10(2)8-13(15)12(14)9-11-6-4-3-5-7-11/h10-13,15H,3-9,14H2,1-2H3/t12-,13-/m0/s1. The van der Waals surface area contributed by atoms with E-state index in [-0.39, 0.29) is 12.1 Å². The van der Waals surface area contributed by atoms with Crippen LogP contribution in [-0.4, -0.2) is 17.3 Å². The summed E-state index contributed by atoms with van der Waals surface area (Å²) in [6.45, 7) is 4.27. The van der Waals surface area contributed by atoms with Gasteiger partial charge in [-0.05, 0) is 24.7 Å². The molecule has 2 heteroatoms. The summed E-state index contributed by atoms with van der Waals surface area (Å²) in [5.41, 5.74) is 6.05. The Morgan fingerprint density at radius 3 is 2.33 bits per heavy atom. The zero-order valence-corrected chi connectivity index (χ0v) is 10.3. The molecule has 2 nitrogen and oxygen atoms in total. The maximum absolute atomic E-state index is 9.89. The molecule has 0 unspecified atom stereocenters. The summed E-state index contributed by atoms with van der Waals surface area (Å²) in [5.74, 6) is 1.31. The van der Waals surface area contributed by atoms with Gasteiger partial charge in [0.1, 0.15) is 0 Å². The quantitative estimate of drug-likeness (QED) is 0.737. The fraction of sp³-hybridized carbons (Fsp3) is 1.00. The van der Waals surface area contributed by atoms with Gasteiger partial charge in [-0.2, -0.15) is 0 Å². The first-order chi connectivity index (χ1) is 7.09. The average molecular weight is 213 g/mol. The van der Waals surface area contributed by atoms with Crippen LogP contribution in [0.2, 0.25) is 0 Å². The van der Waals surface area contributed by atoms with Crippen molar-refractivity contribution in [3.8, 4) is 0 Å². The molecule has 0 saturated heterocycles. The Morgan fingerprint density at radius 2 is 1.80 bits per heavy atom. The number of aliphatic hydroxyl groups excluding tert-OH is 1. The molecule has 3 N–H and O–H groups in total. The van der Waals surface area contributed by atoms with E-state index in [4.69, 9.17) is 5.73 Å². The maximum Gasteiger partial charge on any atom is 0.0693 e. The van der Waals surface area contributed by atoms with Crippen molar-refractivity contribution in [2.75, 3.05) is 0 Å². The predicted molar refractivity (Wildman–Crippen MR) is 64.6 cm³/mol. The molecule has 1 saturated carbocycles. The summed E-state index contributed by atoms with van der Waals surface area (Å²) in [6, 6.07) is -0.00417. The van der Waals surface area contributed by atoms with Crippen molar-refractivity contribution in [1.82, 2.24) is 0 Å². The molecule has 0 aromatic carbocycles. The molecule has 0 aromatic rings. The molecule has 2 atom stereocenters. The van der Waals surface area contributed by atoms with Crippen molar-refractivity contribution < 1.29 is 5.11 Å². The summed E-state index contributed by atoms with van der Waals surface area (Å²) in [6.07, 6.45) is 8.31. The molecule has 0 spiro atoms. The molecule has 0 radical (unpaired) electrons. The van der Waals surface area contributed by atoms with E-state index in [1.807, 2.05) is 0 Å². The van der Waals surface area contributed by atoms with Crippen LogP contribution in [-0.2, 0) is 0 Å². The molecule has 90 valence electrons. The van der Waals surface area contributed by atoms with Gasteiger partial charge in [0.15, 0.2) is 0 Å². The monoisotopic (exact) mass is 213 g/mol. The molecule has 0 bridgehead atoms. The molecule has 0 heterocycles. The molecule has 15 heavy (non-hydrogen) atoms. The van der Waals surface area contributed by atoms with Crippen molar-refractivity contribution in [1.29, 1.82) is 0 Å². The van der Waals surface area contributed by atoms with E-state index in [0.717, 1.165) is 18.8 Å². The van der Waals surface area contributed by atoms with Crippen LogP contribution in [0.4, 0.5) is 0 Å². The molecule has 0 amide bonds. The average Bonchev–Trinajstić information content (AvgIpc) is 2.18. The van der Waals surface area contributed by atoms with Crippen LogP contribution in [0.1, 0.15) is 58.8 Å². The van der Waals surface area contributed by atoms with Gasteiger partial charge in [-0.15, -0.1) is 0 Å². The topological polar surface area (TPSA) is 46.2 Å². The van der Waals surface area contributed by atoms with Crippen LogP contribution < -0.4 is 5.73 Å². The first-order valence-electron chi connectivity index (χ1n) is 6.53. The number of rotatable bonds is 5. The predicted octanol–water partition coefficient (Wildman–Crippen LogP) is 2.69. The minimum atomic E-state index is -0.299. The van der Waals surface area contributed by atoms with E-state index in [9.17, 15) is 5.11 Å². The van der Waals surface area contributed by atoms with Gasteiger partial charge in [0.2, 0.25) is 0 Å². The second-order valence-electron chi connectivity index (χ2n) is 5.60. The maximum atomic E-state index is 9.89. The third-order valence-corrected chi connectivity index (χ3v) is 3.54. The highest BCUT2D eigenvalue weighted by Gasteiger charge is 2.21. The SMILES string of the molecule is CC(C)C[C@H](O)[C@@H](N)CC1CCCCC1. The van der Waals surface area contributed by atoms with Crippen molar-refractivity contribution in [3.05, 3.63) is 0 Å². The van der Waals surface area contributed by atoms with Crippen LogP contribution >= 0.6 is 0 Å². The van der Waals surface area contributed by atoms with Crippen molar-refractivity contribution in [2.24, 2.45) is 17.6 Å². The van der Waals surface area contributed by atoms with E-state index < -0.39 is 0 Å². The lowest BCUT2D eigenvalue weighted by Crippen LogP contribution is -2.37. The number of nitrogens with two attached hydrogens (primary N) is 1. The van der Waals surface area contributed by atoms with Gasteiger partial charge in [0, 0.05) is 6.04 Å². The third kappa shape index (κ3) is 4.98. The first-order valence-corrected chi connectivity index (χ1v) is 6.53. The van der Waals surface area contributed by atoms with E-state index in [1.165, 1.54) is 32.1 Å². The minimum absolute atomic E-state index is 0.00417. The third-order valence-electron chi connectivity index (χ3n) is 3.54. The molecule has 0 aliphatic heterocycles. The van der Waals surface area contributed by atoms with Gasteiger partial charge in [0.25, 0.3) is 0 Å². The van der Waals surface area contributed by atoms with Crippen LogP contribution in [0.3, 0.4) is 0 Å². The Morgan fingerprint density at radius 1 is 1.20 bits per heavy atom. The van der Waals surface area contributed by atoms with E-state index >= 15 is 0 Å². The van der Waals surface area contributed by atoms with Crippen LogP contribution in [0, 0.1) is 11.8 Å². The largest absolute Gasteiger partial charge is 0.392 e. The number of hydrogen-bond acceptors (Lipinski definition) is 2. The molecule has 1 aliphatic rings. The van der Waals surface area contributed by atoms with Crippen molar-refractivity contribution in [3.63, 3.8) is 0 Å². The lowest BCUT2D eigenvalue weighted by atomic mass is 9.83. The highest BCUT2D eigenvalue weighted by Crippen LogP contribution is 2.28. The Balaban J connectivity index is 2.23. The van der Waals surface area contributed by atoms with Gasteiger partial charge in [0.05, 0.1) is 6.10 Å². The van der Waals surface area contributed by atoms with Crippen molar-refractivity contribution in [2.45, 2.75) is 70.9 Å². The zero-order valence-electron chi connectivity index (χ0n) is 10.3. The van der Waals surface area contributed by atoms with E-state index in [1.54, 1.807) is 0 Å². The van der Waals surface area contributed by atoms with Gasteiger partial charge >= 0.3 is 0 Å². The fourth-order valence-electron chi connectivity index (χ4n) is 2.62. The minimum Gasteiger partial charge on any atom is -0.392 e. The summed E-state index contributed by atoms with van der Waals surface area (Å²) in [7, 11) is 0. The van der Waals surface area contributed by atoms with E-state index in [2.05, 4.69) is 13.8 Å². The lowest BCUT2D eigenvalue weighted by molar-refractivity contribution is 0.106. The van der Waals surface area contributed by atoms with Gasteiger partial charge in [-0.3, -0.25) is 0 Å². The molecular weight excluding hydrogens is 186 g/mol. The summed E-state index contributed by atoms with van der Waals surface area (Å²) < 4.78 is 0. The second-order valence-corrected chi connectivity index (χ2v) is 5.60. The van der Waals surface area contributed by atoms with Gasteiger partial charge in [-0.1, -0.05) is 46.0 Å². The van der Waals surface area contributed by atoms with Gasteiger partial charge < -0.3 is 10.8 Å². The second kappa shape index (κ2) is 6.49. The molecule has 0 aromatic heterocycles. The summed E-state index contributed by atoms with van der Waals surface area (Å²) in [4.78, 5) is 0. The molecule has 1 fully saturated rings. The molecule has 1 aliphatic carbocycles. The molecule has 1 rings (SSSR count). The van der Waals surface area contributed by atoms with Gasteiger partial charge in [-0.25, -0.2) is 0 Å². The number of aliphatic hydroxyl groups is 1. The lowest BCUT2D eigenvalue weighted by Gasteiger charge is -2.27. The highest BCUT2D eigenvalue weighted by molar-refractivity contribution is 4.78. The highest BCUT2D eigenvalue weighted by atomic mass is 16.3. The Labute approximate surface area is 94.2 Å². The Kier molecular flexibility index (Phi) is 5.62. The fourth-order valence-corrected chi connectivity index (χ4v) is 2.62. The Bertz CT molecular complexity index is 164. The summed E-state index contributed by atoms with van der Waals surface area (Å²) in [5, 5.41) is 9.89. The zero-order chi connectivity index (χ0) is 11.3. The Hall–Kier alpha value is -0.0800. The van der Waals surface area contributed by atoms with Crippen molar-refractivity contribution >= 4 is 0 Å². The number of hydrogen-bond donors (Lipinski definition) is 2. The normalized spacial score (nSPS) is 23.0. The van der Waals surface area contributed by atoms with Crippen LogP contribution in [0.15, 0.2) is 0 Å². The first kappa shape index (κ1) is 13.0. The summed E-state index contributed by atoms with van der Waals surface area (Å²) >= 11 is 0. The van der Waals surface area contributed by atoms with Crippen LogP contribution in [0.25, 0.3) is 0 Å². The smallest absolute Gasteiger partial charge is 0.0693 e. The molecular formula is C13H27NO. The van der Waals surface area contributed by atoms with Crippen LogP contribution in [0.5, 0.6) is 0 Å². The van der Waals surface area contributed by atoms with E-state index in [0.29, 0.717) is 5.92 Å².